The van der Waals surface area contributed by atoms with Gasteiger partial charge in [-0.25, -0.2) is 4.98 Å². The zero-order valence-corrected chi connectivity index (χ0v) is 12.4. The Balaban J connectivity index is 1.94. The number of benzene rings is 1. The van der Waals surface area contributed by atoms with Crippen LogP contribution in [0.25, 0.3) is 0 Å². The van der Waals surface area contributed by atoms with Gasteiger partial charge >= 0.3 is 0 Å². The van der Waals surface area contributed by atoms with Crippen molar-refractivity contribution in [1.29, 1.82) is 0 Å². The second-order valence-corrected chi connectivity index (χ2v) is 5.31. The van der Waals surface area contributed by atoms with E-state index in [2.05, 4.69) is 4.98 Å². The van der Waals surface area contributed by atoms with Gasteiger partial charge in [-0.05, 0) is 48.7 Å². The zero-order valence-electron chi connectivity index (χ0n) is 11.7. The lowest BCUT2D eigenvalue weighted by molar-refractivity contribution is 0.0984. The average molecular weight is 303 g/mol. The molecule has 0 aliphatic carbocycles. The monoisotopic (exact) mass is 302 g/mol. The van der Waals surface area contributed by atoms with E-state index in [1.807, 2.05) is 18.2 Å². The van der Waals surface area contributed by atoms with Gasteiger partial charge in [0.1, 0.15) is 10.9 Å². The Morgan fingerprint density at radius 1 is 1.33 bits per heavy atom. The lowest BCUT2D eigenvalue weighted by Crippen LogP contribution is -2.35. The molecule has 1 aliphatic heterocycles. The van der Waals surface area contributed by atoms with Crippen molar-refractivity contribution < 1.29 is 9.53 Å². The molecule has 2 aromatic rings. The van der Waals surface area contributed by atoms with E-state index >= 15 is 0 Å². The van der Waals surface area contributed by atoms with Crippen molar-refractivity contribution in [2.24, 2.45) is 0 Å². The second kappa shape index (κ2) is 5.74. The Morgan fingerprint density at radius 2 is 2.19 bits per heavy atom. The van der Waals surface area contributed by atoms with E-state index < -0.39 is 0 Å². The van der Waals surface area contributed by atoms with Gasteiger partial charge in [-0.15, -0.1) is 0 Å². The van der Waals surface area contributed by atoms with Crippen molar-refractivity contribution in [3.8, 4) is 5.75 Å². The van der Waals surface area contributed by atoms with E-state index in [4.69, 9.17) is 16.3 Å². The Morgan fingerprint density at radius 3 is 2.90 bits per heavy atom. The van der Waals surface area contributed by atoms with E-state index in [0.29, 0.717) is 17.3 Å². The van der Waals surface area contributed by atoms with Gasteiger partial charge in [0.05, 0.1) is 12.7 Å². The minimum Gasteiger partial charge on any atom is -0.497 e. The first-order valence-corrected chi connectivity index (χ1v) is 7.17. The molecule has 0 fully saturated rings. The fourth-order valence-electron chi connectivity index (χ4n) is 2.57. The summed E-state index contributed by atoms with van der Waals surface area (Å²) in [5, 5.41) is 0.385. The number of nitrogens with zero attached hydrogens (tertiary/aromatic N) is 2. The molecule has 4 nitrogen and oxygen atoms in total. The van der Waals surface area contributed by atoms with E-state index in [1.54, 1.807) is 24.1 Å². The minimum absolute atomic E-state index is 0.0507. The fourth-order valence-corrected chi connectivity index (χ4v) is 2.68. The third-order valence-electron chi connectivity index (χ3n) is 3.62. The number of rotatable bonds is 2. The van der Waals surface area contributed by atoms with Crippen molar-refractivity contribution >= 4 is 23.2 Å². The molecular weight excluding hydrogens is 288 g/mol. The van der Waals surface area contributed by atoms with Crippen LogP contribution in [0.15, 0.2) is 36.5 Å². The summed E-state index contributed by atoms with van der Waals surface area (Å²) in [4.78, 5) is 18.4. The van der Waals surface area contributed by atoms with Gasteiger partial charge in [0.25, 0.3) is 5.91 Å². The molecule has 1 aromatic carbocycles. The highest BCUT2D eigenvalue weighted by atomic mass is 35.5. The van der Waals surface area contributed by atoms with Crippen molar-refractivity contribution in [3.05, 3.63) is 52.8 Å². The number of fused-ring (bicyclic) bond motifs is 1. The van der Waals surface area contributed by atoms with Crippen LogP contribution in [0.1, 0.15) is 22.3 Å². The normalized spacial score (nSPS) is 13.7. The van der Waals surface area contributed by atoms with Crippen molar-refractivity contribution in [2.45, 2.75) is 12.8 Å². The van der Waals surface area contributed by atoms with Crippen LogP contribution in [-0.4, -0.2) is 24.5 Å². The highest BCUT2D eigenvalue weighted by Crippen LogP contribution is 2.31. The molecule has 21 heavy (non-hydrogen) atoms. The van der Waals surface area contributed by atoms with Gasteiger partial charge in [-0.3, -0.25) is 4.79 Å². The highest BCUT2D eigenvalue weighted by molar-refractivity contribution is 6.29. The van der Waals surface area contributed by atoms with Crippen LogP contribution in [0.2, 0.25) is 5.15 Å². The molecule has 0 N–H and O–H groups in total. The Labute approximate surface area is 128 Å². The summed E-state index contributed by atoms with van der Waals surface area (Å²) in [6.07, 6.45) is 3.41. The topological polar surface area (TPSA) is 42.4 Å². The maximum Gasteiger partial charge on any atom is 0.259 e. The van der Waals surface area contributed by atoms with E-state index in [-0.39, 0.29) is 5.91 Å². The quantitative estimate of drug-likeness (QED) is 0.799. The van der Waals surface area contributed by atoms with Crippen molar-refractivity contribution in [3.63, 3.8) is 0 Å². The second-order valence-electron chi connectivity index (χ2n) is 4.92. The number of aromatic nitrogens is 1. The van der Waals surface area contributed by atoms with Gasteiger partial charge in [0, 0.05) is 18.4 Å². The zero-order chi connectivity index (χ0) is 14.8. The summed E-state index contributed by atoms with van der Waals surface area (Å²) in [6, 6.07) is 9.15. The summed E-state index contributed by atoms with van der Waals surface area (Å²) < 4.78 is 5.25. The summed E-state index contributed by atoms with van der Waals surface area (Å²) in [5.74, 6) is 0.765. The third-order valence-corrected chi connectivity index (χ3v) is 3.85. The molecule has 0 unspecified atom stereocenters. The number of amides is 1. The van der Waals surface area contributed by atoms with Crippen molar-refractivity contribution in [2.75, 3.05) is 18.6 Å². The molecule has 0 saturated heterocycles. The maximum absolute atomic E-state index is 12.6. The number of hydrogen-bond donors (Lipinski definition) is 0. The molecule has 5 heteroatoms. The number of carbonyl (C=O) groups excluding carboxylic acids is 1. The number of carbonyl (C=O) groups is 1. The third kappa shape index (κ3) is 2.72. The van der Waals surface area contributed by atoms with Gasteiger partial charge in [-0.2, -0.15) is 0 Å². The number of halogens is 1. The van der Waals surface area contributed by atoms with Crippen molar-refractivity contribution in [1.82, 2.24) is 4.98 Å². The lowest BCUT2D eigenvalue weighted by atomic mass is 10.0. The molecule has 0 spiro atoms. The molecule has 0 radical (unpaired) electrons. The predicted octanol–water partition coefficient (Wildman–Crippen LogP) is 3.34. The molecule has 1 aliphatic rings. The van der Waals surface area contributed by atoms with E-state index in [0.717, 1.165) is 29.8 Å². The molecule has 2 heterocycles. The SMILES string of the molecule is COc1ccc2c(c1)CCCN2C(=O)c1ccc(Cl)nc1. The molecule has 1 aromatic heterocycles. The molecular formula is C16H15ClN2O2. The average Bonchev–Trinajstić information content (AvgIpc) is 2.53. The number of hydrogen-bond acceptors (Lipinski definition) is 3. The van der Waals surface area contributed by atoms with Crippen LogP contribution in [-0.2, 0) is 6.42 Å². The van der Waals surface area contributed by atoms with E-state index in [1.165, 1.54) is 6.20 Å². The van der Waals surface area contributed by atoms with Crippen LogP contribution in [0, 0.1) is 0 Å². The summed E-state index contributed by atoms with van der Waals surface area (Å²) >= 11 is 5.77. The summed E-state index contributed by atoms with van der Waals surface area (Å²) in [7, 11) is 1.65. The molecule has 0 saturated carbocycles. The molecule has 108 valence electrons. The number of pyridine rings is 1. The van der Waals surface area contributed by atoms with Crippen LogP contribution in [0.3, 0.4) is 0 Å². The first-order chi connectivity index (χ1) is 10.2. The standard InChI is InChI=1S/C16H15ClN2O2/c1-21-13-5-6-14-11(9-13)3-2-8-19(14)16(20)12-4-7-15(17)18-10-12/h4-7,9-10H,2-3,8H2,1H3. The minimum atomic E-state index is -0.0507. The number of methoxy groups -OCH3 is 1. The Bertz CT molecular complexity index is 670. The Kier molecular flexibility index (Phi) is 3.80. The van der Waals surface area contributed by atoms with Gasteiger partial charge in [0.2, 0.25) is 0 Å². The molecule has 0 atom stereocenters. The first kappa shape index (κ1) is 13.9. The maximum atomic E-state index is 12.6. The Hall–Kier alpha value is -2.07. The van der Waals surface area contributed by atoms with Crippen LogP contribution in [0.4, 0.5) is 5.69 Å². The summed E-state index contributed by atoms with van der Waals surface area (Å²) in [6.45, 7) is 0.709. The first-order valence-electron chi connectivity index (χ1n) is 6.79. The smallest absolute Gasteiger partial charge is 0.259 e. The highest BCUT2D eigenvalue weighted by Gasteiger charge is 2.24. The fraction of sp³-hybridized carbons (Fsp3) is 0.250. The largest absolute Gasteiger partial charge is 0.497 e. The number of ether oxygens (including phenoxy) is 1. The van der Waals surface area contributed by atoms with Crippen LogP contribution < -0.4 is 9.64 Å². The molecule has 1 amide bonds. The van der Waals surface area contributed by atoms with Gasteiger partial charge < -0.3 is 9.64 Å². The predicted molar refractivity (Wildman–Crippen MR) is 82.2 cm³/mol. The van der Waals surface area contributed by atoms with Crippen LogP contribution in [0.5, 0.6) is 5.75 Å². The van der Waals surface area contributed by atoms with E-state index in [9.17, 15) is 4.79 Å². The van der Waals surface area contributed by atoms with Crippen LogP contribution >= 0.6 is 11.6 Å². The number of anilines is 1. The van der Waals surface area contributed by atoms with Gasteiger partial charge in [0.15, 0.2) is 0 Å². The number of aryl methyl sites for hydroxylation is 1. The lowest BCUT2D eigenvalue weighted by Gasteiger charge is -2.29. The van der Waals surface area contributed by atoms with Gasteiger partial charge in [-0.1, -0.05) is 11.6 Å². The molecule has 3 rings (SSSR count). The molecule has 0 bridgehead atoms. The summed E-state index contributed by atoms with van der Waals surface area (Å²) in [5.41, 5.74) is 2.63.